The Hall–Kier alpha value is -2.28. The summed E-state index contributed by atoms with van der Waals surface area (Å²) in [7, 11) is 3.48. The summed E-state index contributed by atoms with van der Waals surface area (Å²) in [5.74, 6) is 2.21. The first-order chi connectivity index (χ1) is 11.6. The Bertz CT molecular complexity index is 822. The second-order valence-corrected chi connectivity index (χ2v) is 6.49. The highest BCUT2D eigenvalue weighted by Gasteiger charge is 2.19. The van der Waals surface area contributed by atoms with Gasteiger partial charge < -0.3 is 9.30 Å². The topological polar surface area (TPSA) is 57.8 Å². The number of rotatable bonds is 6. The van der Waals surface area contributed by atoms with Gasteiger partial charge in [-0.15, -0.1) is 15.3 Å². The standard InChI is InChI=1S/C17H21N5OS/c1-5-22-15(14-10-21(3)20-16(14)23-4)18-19-17(22)24-11-13-8-6-12(2)7-9-13/h6-10H,5,11H2,1-4H3. The summed E-state index contributed by atoms with van der Waals surface area (Å²) in [6, 6.07) is 8.57. The molecular weight excluding hydrogens is 322 g/mol. The molecular formula is C17H21N5OS. The van der Waals surface area contributed by atoms with E-state index in [2.05, 4.69) is 58.0 Å². The van der Waals surface area contributed by atoms with E-state index >= 15 is 0 Å². The van der Waals surface area contributed by atoms with Crippen LogP contribution in [0.15, 0.2) is 35.6 Å². The lowest BCUT2D eigenvalue weighted by Crippen LogP contribution is -2.00. The lowest BCUT2D eigenvalue weighted by molar-refractivity contribution is 0.393. The van der Waals surface area contributed by atoms with Crippen molar-refractivity contribution in [3.8, 4) is 17.3 Å². The molecule has 0 aliphatic rings. The zero-order valence-corrected chi connectivity index (χ0v) is 15.2. The molecule has 0 saturated heterocycles. The maximum atomic E-state index is 5.35. The summed E-state index contributed by atoms with van der Waals surface area (Å²) in [5.41, 5.74) is 3.40. The number of aryl methyl sites for hydroxylation is 2. The SMILES string of the molecule is CCn1c(SCc2ccc(C)cc2)nnc1-c1cn(C)nc1OC. The number of hydrogen-bond donors (Lipinski definition) is 0. The van der Waals surface area contributed by atoms with Gasteiger partial charge >= 0.3 is 0 Å². The van der Waals surface area contributed by atoms with Crippen molar-refractivity contribution in [1.82, 2.24) is 24.5 Å². The van der Waals surface area contributed by atoms with Crippen molar-refractivity contribution in [3.63, 3.8) is 0 Å². The number of hydrogen-bond acceptors (Lipinski definition) is 5. The van der Waals surface area contributed by atoms with Crippen LogP contribution in [0.2, 0.25) is 0 Å². The van der Waals surface area contributed by atoms with Gasteiger partial charge in [-0.2, -0.15) is 0 Å². The zero-order valence-electron chi connectivity index (χ0n) is 14.4. The fourth-order valence-electron chi connectivity index (χ4n) is 2.48. The number of nitrogens with zero attached hydrogens (tertiary/aromatic N) is 5. The molecule has 7 heteroatoms. The highest BCUT2D eigenvalue weighted by molar-refractivity contribution is 7.98. The van der Waals surface area contributed by atoms with Gasteiger partial charge in [0.25, 0.3) is 0 Å². The van der Waals surface area contributed by atoms with Gasteiger partial charge in [-0.05, 0) is 19.4 Å². The van der Waals surface area contributed by atoms with E-state index in [1.807, 2.05) is 13.2 Å². The van der Waals surface area contributed by atoms with E-state index in [9.17, 15) is 0 Å². The number of benzene rings is 1. The van der Waals surface area contributed by atoms with Gasteiger partial charge in [0.15, 0.2) is 11.0 Å². The van der Waals surface area contributed by atoms with Crippen LogP contribution >= 0.6 is 11.8 Å². The smallest absolute Gasteiger partial charge is 0.243 e. The Labute approximate surface area is 145 Å². The molecule has 6 nitrogen and oxygen atoms in total. The average Bonchev–Trinajstić information content (AvgIpc) is 3.16. The van der Waals surface area contributed by atoms with E-state index in [0.29, 0.717) is 5.88 Å². The molecule has 0 spiro atoms. The third-order valence-corrected chi connectivity index (χ3v) is 4.79. The molecule has 3 rings (SSSR count). The van der Waals surface area contributed by atoms with Crippen LogP contribution in [0, 0.1) is 6.92 Å². The summed E-state index contributed by atoms with van der Waals surface area (Å²) in [6.45, 7) is 4.97. The van der Waals surface area contributed by atoms with Crippen molar-refractivity contribution in [2.75, 3.05) is 7.11 Å². The summed E-state index contributed by atoms with van der Waals surface area (Å²) in [5, 5.41) is 13.9. The van der Waals surface area contributed by atoms with Gasteiger partial charge in [0.05, 0.1) is 7.11 Å². The largest absolute Gasteiger partial charge is 0.479 e. The van der Waals surface area contributed by atoms with Gasteiger partial charge in [-0.3, -0.25) is 4.68 Å². The van der Waals surface area contributed by atoms with E-state index in [1.54, 1.807) is 23.6 Å². The normalized spacial score (nSPS) is 11.0. The second-order valence-electron chi connectivity index (χ2n) is 5.55. The van der Waals surface area contributed by atoms with Crippen molar-refractivity contribution in [2.24, 2.45) is 7.05 Å². The van der Waals surface area contributed by atoms with E-state index in [1.165, 1.54) is 11.1 Å². The van der Waals surface area contributed by atoms with Gasteiger partial charge in [-0.1, -0.05) is 41.6 Å². The lowest BCUT2D eigenvalue weighted by Gasteiger charge is -2.07. The molecule has 0 aliphatic heterocycles. The fourth-order valence-corrected chi connectivity index (χ4v) is 3.44. The van der Waals surface area contributed by atoms with E-state index in [0.717, 1.165) is 28.8 Å². The Balaban J connectivity index is 1.85. The third-order valence-electron chi connectivity index (χ3n) is 3.75. The quantitative estimate of drug-likeness (QED) is 0.643. The Morgan fingerprint density at radius 3 is 2.58 bits per heavy atom. The van der Waals surface area contributed by atoms with E-state index in [-0.39, 0.29) is 0 Å². The van der Waals surface area contributed by atoms with Crippen LogP contribution in [0.3, 0.4) is 0 Å². The number of methoxy groups -OCH3 is 1. The highest BCUT2D eigenvalue weighted by atomic mass is 32.2. The molecule has 0 saturated carbocycles. The molecule has 2 aromatic heterocycles. The Morgan fingerprint density at radius 2 is 1.92 bits per heavy atom. The molecule has 0 unspecified atom stereocenters. The monoisotopic (exact) mass is 343 g/mol. The molecule has 2 heterocycles. The molecule has 0 N–H and O–H groups in total. The molecule has 0 amide bonds. The van der Waals surface area contributed by atoms with Gasteiger partial charge in [0.2, 0.25) is 5.88 Å². The van der Waals surface area contributed by atoms with Gasteiger partial charge in [-0.25, -0.2) is 0 Å². The molecule has 0 bridgehead atoms. The maximum absolute atomic E-state index is 5.35. The first-order valence-corrected chi connectivity index (χ1v) is 8.80. The summed E-state index contributed by atoms with van der Waals surface area (Å²) < 4.78 is 9.17. The van der Waals surface area contributed by atoms with Gasteiger partial charge in [0.1, 0.15) is 5.56 Å². The molecule has 1 aromatic carbocycles. The molecule has 126 valence electrons. The van der Waals surface area contributed by atoms with Crippen molar-refractivity contribution < 1.29 is 4.74 Å². The van der Waals surface area contributed by atoms with Crippen LogP contribution in [0.5, 0.6) is 5.88 Å². The first kappa shape index (κ1) is 16.6. The molecule has 0 radical (unpaired) electrons. The molecule has 0 atom stereocenters. The number of aromatic nitrogens is 5. The first-order valence-electron chi connectivity index (χ1n) is 7.82. The van der Waals surface area contributed by atoms with Crippen LogP contribution in [-0.2, 0) is 19.3 Å². The zero-order chi connectivity index (χ0) is 17.1. The Morgan fingerprint density at radius 1 is 1.17 bits per heavy atom. The highest BCUT2D eigenvalue weighted by Crippen LogP contribution is 2.30. The Kier molecular flexibility index (Phi) is 4.89. The van der Waals surface area contributed by atoms with Crippen LogP contribution in [0.4, 0.5) is 0 Å². The lowest BCUT2D eigenvalue weighted by atomic mass is 10.2. The molecule has 0 fully saturated rings. The minimum absolute atomic E-state index is 0.565. The predicted octanol–water partition coefficient (Wildman–Crippen LogP) is 3.31. The molecule has 3 aromatic rings. The van der Waals surface area contributed by atoms with Gasteiger partial charge in [0, 0.05) is 25.5 Å². The fraction of sp³-hybridized carbons (Fsp3) is 0.353. The van der Waals surface area contributed by atoms with Crippen molar-refractivity contribution >= 4 is 11.8 Å². The molecule has 24 heavy (non-hydrogen) atoms. The minimum atomic E-state index is 0.565. The summed E-state index contributed by atoms with van der Waals surface area (Å²) in [6.07, 6.45) is 1.91. The van der Waals surface area contributed by atoms with E-state index < -0.39 is 0 Å². The number of ether oxygens (including phenoxy) is 1. The van der Waals surface area contributed by atoms with Crippen LogP contribution in [0.1, 0.15) is 18.1 Å². The summed E-state index contributed by atoms with van der Waals surface area (Å²) in [4.78, 5) is 0. The minimum Gasteiger partial charge on any atom is -0.479 e. The van der Waals surface area contributed by atoms with Crippen LogP contribution in [0.25, 0.3) is 11.4 Å². The van der Waals surface area contributed by atoms with Crippen molar-refractivity contribution in [2.45, 2.75) is 31.3 Å². The third kappa shape index (κ3) is 3.31. The van der Waals surface area contributed by atoms with Crippen molar-refractivity contribution in [1.29, 1.82) is 0 Å². The van der Waals surface area contributed by atoms with E-state index in [4.69, 9.17) is 4.74 Å². The average molecular weight is 343 g/mol. The predicted molar refractivity (Wildman–Crippen MR) is 95.2 cm³/mol. The van der Waals surface area contributed by atoms with Crippen LogP contribution < -0.4 is 4.74 Å². The molecule has 0 aliphatic carbocycles. The maximum Gasteiger partial charge on any atom is 0.243 e. The number of thioether (sulfide) groups is 1. The summed E-state index contributed by atoms with van der Waals surface area (Å²) >= 11 is 1.69. The van der Waals surface area contributed by atoms with Crippen LogP contribution in [-0.4, -0.2) is 31.7 Å². The van der Waals surface area contributed by atoms with Crippen molar-refractivity contribution in [3.05, 3.63) is 41.6 Å². The second kappa shape index (κ2) is 7.09.